The summed E-state index contributed by atoms with van der Waals surface area (Å²) >= 11 is 5.65. The van der Waals surface area contributed by atoms with Crippen LogP contribution in [0.15, 0.2) is 17.0 Å². The first kappa shape index (κ1) is 17.9. The fraction of sp³-hybridized carbons (Fsp3) is 0.462. The van der Waals surface area contributed by atoms with Crippen molar-refractivity contribution in [2.45, 2.75) is 31.6 Å². The van der Waals surface area contributed by atoms with Crippen LogP contribution in [0.1, 0.15) is 37.0 Å². The molecule has 0 aliphatic heterocycles. The molecule has 0 saturated heterocycles. The van der Waals surface area contributed by atoms with Crippen LogP contribution in [-0.2, 0) is 10.0 Å². The molecule has 2 N–H and O–H groups in total. The molecule has 0 atom stereocenters. The molecule has 5 nitrogen and oxygen atoms in total. The molecule has 1 aromatic rings. The molecule has 0 bridgehead atoms. The number of aromatic carboxylic acids is 1. The van der Waals surface area contributed by atoms with Crippen LogP contribution >= 0.6 is 11.6 Å². The van der Waals surface area contributed by atoms with Crippen LogP contribution in [-0.4, -0.2) is 26.0 Å². The zero-order chi connectivity index (χ0) is 16.2. The lowest BCUT2D eigenvalue weighted by Crippen LogP contribution is -2.26. The number of sulfonamides is 1. The molecule has 1 rings (SSSR count). The number of halogens is 2. The van der Waals surface area contributed by atoms with Gasteiger partial charge in [-0.05, 0) is 30.9 Å². The summed E-state index contributed by atoms with van der Waals surface area (Å²) < 4.78 is 40.3. The van der Waals surface area contributed by atoms with Crippen molar-refractivity contribution in [2.24, 2.45) is 5.92 Å². The van der Waals surface area contributed by atoms with Gasteiger partial charge in [-0.15, -0.1) is 0 Å². The van der Waals surface area contributed by atoms with E-state index in [4.69, 9.17) is 16.7 Å². The van der Waals surface area contributed by atoms with E-state index in [0.717, 1.165) is 18.6 Å². The Morgan fingerprint density at radius 2 is 2.05 bits per heavy atom. The minimum absolute atomic E-state index is 0.148. The van der Waals surface area contributed by atoms with E-state index >= 15 is 0 Å². The summed E-state index contributed by atoms with van der Waals surface area (Å²) in [5, 5.41) is 8.69. The Morgan fingerprint density at radius 1 is 1.43 bits per heavy atom. The molecule has 0 fully saturated rings. The second-order valence-electron chi connectivity index (χ2n) is 5.00. The van der Waals surface area contributed by atoms with Gasteiger partial charge in [0, 0.05) is 11.6 Å². The van der Waals surface area contributed by atoms with Crippen molar-refractivity contribution in [3.63, 3.8) is 0 Å². The molecule has 118 valence electrons. The highest BCUT2D eigenvalue weighted by molar-refractivity contribution is 7.89. The molecular weight excluding hydrogens is 321 g/mol. The van der Waals surface area contributed by atoms with Crippen LogP contribution in [0.5, 0.6) is 0 Å². The molecule has 0 saturated carbocycles. The predicted octanol–water partition coefficient (Wildman–Crippen LogP) is 2.89. The molecule has 0 amide bonds. The molecule has 8 heteroatoms. The van der Waals surface area contributed by atoms with Crippen LogP contribution in [0, 0.1) is 11.7 Å². The first-order valence-corrected chi connectivity index (χ1v) is 8.23. The highest BCUT2D eigenvalue weighted by Crippen LogP contribution is 2.23. The minimum Gasteiger partial charge on any atom is -0.478 e. The molecule has 0 aliphatic carbocycles. The Morgan fingerprint density at radius 3 is 2.57 bits per heavy atom. The second kappa shape index (κ2) is 7.20. The summed E-state index contributed by atoms with van der Waals surface area (Å²) in [7, 11) is -4.14. The Labute approximate surface area is 128 Å². The van der Waals surface area contributed by atoms with Gasteiger partial charge in [0.15, 0.2) is 5.82 Å². The average molecular weight is 338 g/mol. The minimum atomic E-state index is -4.14. The lowest BCUT2D eigenvalue weighted by Gasteiger charge is -2.10. The van der Waals surface area contributed by atoms with Gasteiger partial charge in [0.25, 0.3) is 0 Å². The molecule has 0 aliphatic rings. The second-order valence-corrected chi connectivity index (χ2v) is 7.18. The fourth-order valence-electron chi connectivity index (χ4n) is 1.71. The van der Waals surface area contributed by atoms with Crippen LogP contribution < -0.4 is 4.72 Å². The maximum absolute atomic E-state index is 14.0. The highest BCUT2D eigenvalue weighted by Gasteiger charge is 2.24. The van der Waals surface area contributed by atoms with Crippen molar-refractivity contribution in [3.8, 4) is 0 Å². The highest BCUT2D eigenvalue weighted by atomic mass is 35.5. The summed E-state index contributed by atoms with van der Waals surface area (Å²) in [4.78, 5) is 10.1. The van der Waals surface area contributed by atoms with E-state index in [1.54, 1.807) is 0 Å². The molecule has 0 heterocycles. The van der Waals surface area contributed by atoms with Crippen molar-refractivity contribution in [1.82, 2.24) is 4.72 Å². The topological polar surface area (TPSA) is 83.5 Å². The number of nitrogens with one attached hydrogen (secondary N) is 1. The summed E-state index contributed by atoms with van der Waals surface area (Å²) in [5.41, 5.74) is -0.773. The number of hydrogen-bond donors (Lipinski definition) is 2. The summed E-state index contributed by atoms with van der Waals surface area (Å²) in [6, 6.07) is 1.77. The van der Waals surface area contributed by atoms with Crippen molar-refractivity contribution in [1.29, 1.82) is 0 Å². The largest absolute Gasteiger partial charge is 0.478 e. The summed E-state index contributed by atoms with van der Waals surface area (Å²) in [6.45, 7) is 4.16. The van der Waals surface area contributed by atoms with Gasteiger partial charge in [0.05, 0.1) is 5.56 Å². The van der Waals surface area contributed by atoms with E-state index in [2.05, 4.69) is 4.72 Å². The fourth-order valence-corrected chi connectivity index (χ4v) is 3.19. The Bertz CT molecular complexity index is 631. The van der Waals surface area contributed by atoms with Crippen molar-refractivity contribution in [2.75, 3.05) is 6.54 Å². The molecule has 0 aromatic heterocycles. The van der Waals surface area contributed by atoms with E-state index < -0.39 is 32.3 Å². The van der Waals surface area contributed by atoms with Gasteiger partial charge in [-0.25, -0.2) is 22.3 Å². The van der Waals surface area contributed by atoms with Crippen LogP contribution in [0.2, 0.25) is 5.02 Å². The third kappa shape index (κ3) is 4.94. The molecule has 0 unspecified atom stereocenters. The van der Waals surface area contributed by atoms with E-state index in [0.29, 0.717) is 12.3 Å². The van der Waals surface area contributed by atoms with Gasteiger partial charge in [-0.2, -0.15) is 0 Å². The summed E-state index contributed by atoms with van der Waals surface area (Å²) in [5.74, 6) is -2.47. The van der Waals surface area contributed by atoms with E-state index in [-0.39, 0.29) is 11.6 Å². The molecule has 21 heavy (non-hydrogen) atoms. The normalized spacial score (nSPS) is 11.9. The molecule has 1 aromatic carbocycles. The number of carboxylic acids is 1. The van der Waals surface area contributed by atoms with Gasteiger partial charge in [0.2, 0.25) is 10.0 Å². The van der Waals surface area contributed by atoms with Crippen LogP contribution in [0.3, 0.4) is 0 Å². The van der Waals surface area contributed by atoms with Gasteiger partial charge < -0.3 is 5.11 Å². The van der Waals surface area contributed by atoms with Crippen molar-refractivity contribution < 1.29 is 22.7 Å². The zero-order valence-corrected chi connectivity index (χ0v) is 13.3. The monoisotopic (exact) mass is 337 g/mol. The quantitative estimate of drug-likeness (QED) is 0.749. The Balaban J connectivity index is 3.00. The maximum Gasteiger partial charge on any atom is 0.338 e. The zero-order valence-electron chi connectivity index (χ0n) is 11.7. The molecule has 0 spiro atoms. The van der Waals surface area contributed by atoms with Crippen molar-refractivity contribution >= 4 is 27.6 Å². The summed E-state index contributed by atoms with van der Waals surface area (Å²) in [6.07, 6.45) is 1.42. The van der Waals surface area contributed by atoms with E-state index in [9.17, 15) is 17.6 Å². The molecular formula is C13H17ClFNO4S. The predicted molar refractivity (Wildman–Crippen MR) is 77.6 cm³/mol. The number of carboxylic acid groups (broad SMARTS) is 1. The lowest BCUT2D eigenvalue weighted by atomic mass is 10.1. The van der Waals surface area contributed by atoms with Gasteiger partial charge in [0.1, 0.15) is 4.90 Å². The van der Waals surface area contributed by atoms with Gasteiger partial charge >= 0.3 is 5.97 Å². The third-order valence-corrected chi connectivity index (χ3v) is 4.45. The van der Waals surface area contributed by atoms with Crippen LogP contribution in [0.4, 0.5) is 4.39 Å². The smallest absolute Gasteiger partial charge is 0.338 e. The third-order valence-electron chi connectivity index (χ3n) is 2.77. The standard InChI is InChI=1S/C13H17ClFNO4S/c1-8(2)4-3-5-16-21(19,20)11-7-9(14)6-10(12(11)15)13(17)18/h6-8,16H,3-5H2,1-2H3,(H,17,18). The van der Waals surface area contributed by atoms with E-state index in [1.165, 1.54) is 0 Å². The van der Waals surface area contributed by atoms with E-state index in [1.807, 2.05) is 13.8 Å². The molecule has 0 radical (unpaired) electrons. The lowest BCUT2D eigenvalue weighted by molar-refractivity contribution is 0.0691. The first-order valence-electron chi connectivity index (χ1n) is 6.37. The number of carbonyl (C=O) groups is 1. The Kier molecular flexibility index (Phi) is 6.12. The van der Waals surface area contributed by atoms with Gasteiger partial charge in [-0.1, -0.05) is 25.4 Å². The number of hydrogen-bond acceptors (Lipinski definition) is 3. The van der Waals surface area contributed by atoms with Crippen LogP contribution in [0.25, 0.3) is 0 Å². The maximum atomic E-state index is 14.0. The van der Waals surface area contributed by atoms with Gasteiger partial charge in [-0.3, -0.25) is 0 Å². The number of rotatable bonds is 7. The first-order chi connectivity index (χ1) is 9.65. The SMILES string of the molecule is CC(C)CCCNS(=O)(=O)c1cc(Cl)cc(C(=O)O)c1F. The average Bonchev–Trinajstić information content (AvgIpc) is 2.36. The number of benzene rings is 1. The Hall–Kier alpha value is -1.18. The van der Waals surface area contributed by atoms with Crippen molar-refractivity contribution in [3.05, 3.63) is 28.5 Å².